The fourth-order valence-electron chi connectivity index (χ4n) is 2.94. The molecule has 5 heteroatoms. The predicted octanol–water partition coefficient (Wildman–Crippen LogP) is 1.42. The van der Waals surface area contributed by atoms with Crippen LogP contribution in [0.25, 0.3) is 6.08 Å². The van der Waals surface area contributed by atoms with Crippen LogP contribution in [0.5, 0.6) is 0 Å². The molecule has 0 fully saturated rings. The first-order valence-corrected chi connectivity index (χ1v) is 7.60. The summed E-state index contributed by atoms with van der Waals surface area (Å²) >= 11 is 0. The van der Waals surface area contributed by atoms with Crippen molar-refractivity contribution in [1.29, 1.82) is 0 Å². The number of hydrogen-bond acceptors (Lipinski definition) is 2. The van der Waals surface area contributed by atoms with Crippen molar-refractivity contribution >= 4 is 18.0 Å². The van der Waals surface area contributed by atoms with Gasteiger partial charge < -0.3 is 0 Å². The quantitative estimate of drug-likeness (QED) is 0.787. The van der Waals surface area contributed by atoms with Crippen LogP contribution in [0.3, 0.4) is 0 Å². The van der Waals surface area contributed by atoms with Crippen molar-refractivity contribution in [2.45, 2.75) is 6.54 Å². The summed E-state index contributed by atoms with van der Waals surface area (Å²) in [6.45, 7) is 0.526. The van der Waals surface area contributed by atoms with Crippen molar-refractivity contribution in [3.05, 3.63) is 82.2 Å². The van der Waals surface area contributed by atoms with Crippen LogP contribution in [0, 0.1) is 6.08 Å². The van der Waals surface area contributed by atoms with E-state index >= 15 is 0 Å². The number of hydrogen-bond donors (Lipinski definition) is 0. The average Bonchev–Trinajstić information content (AvgIpc) is 2.75. The molecule has 0 atom stereocenters. The van der Waals surface area contributed by atoms with Crippen molar-refractivity contribution in [1.82, 2.24) is 9.47 Å². The van der Waals surface area contributed by atoms with Gasteiger partial charge in [0.25, 0.3) is 0 Å². The molecule has 0 spiro atoms. The molecule has 0 bridgehead atoms. The molecule has 2 aromatic rings. The van der Waals surface area contributed by atoms with E-state index in [0.717, 1.165) is 15.8 Å². The Labute approximate surface area is 138 Å². The highest BCUT2D eigenvalue weighted by Crippen LogP contribution is 2.12. The summed E-state index contributed by atoms with van der Waals surface area (Å²) in [6, 6.07) is 9.33. The standard InChI is InChI=1S/C19H14N3O2/c1-21-18(23)16-14-10-6-3-7-11-15(14)22(17(16)20-19(21)24)12-13-8-4-2-5-9-13/h2-9,11H,12H2,1H3/q+1. The fraction of sp³-hybridized carbons (Fsp3) is 0.105. The second kappa shape index (κ2) is 5.41. The monoisotopic (exact) mass is 316 g/mol. The smallest absolute Gasteiger partial charge is 0.271 e. The minimum atomic E-state index is -0.547. The molecule has 0 saturated carbocycles. The number of allylic oxidation sites excluding steroid dienone is 3. The van der Waals surface area contributed by atoms with E-state index in [1.165, 1.54) is 7.05 Å². The summed E-state index contributed by atoms with van der Waals surface area (Å²) in [7, 11) is 1.44. The first kappa shape index (κ1) is 14.3. The maximum Gasteiger partial charge on any atom is 0.353 e. The van der Waals surface area contributed by atoms with Gasteiger partial charge in [0.1, 0.15) is 5.35 Å². The molecule has 1 aromatic carbocycles. The maximum absolute atomic E-state index is 12.6. The van der Waals surface area contributed by atoms with Crippen molar-refractivity contribution in [3.63, 3.8) is 0 Å². The van der Waals surface area contributed by atoms with Gasteiger partial charge in [-0.1, -0.05) is 30.3 Å². The van der Waals surface area contributed by atoms with E-state index in [4.69, 9.17) is 0 Å². The minimum Gasteiger partial charge on any atom is -0.271 e. The summed E-state index contributed by atoms with van der Waals surface area (Å²) in [5.74, 6) is -0.343. The third-order valence-corrected chi connectivity index (χ3v) is 4.16. The van der Waals surface area contributed by atoms with Gasteiger partial charge in [-0.15, -0.1) is 0 Å². The third kappa shape index (κ3) is 2.11. The van der Waals surface area contributed by atoms with Crippen LogP contribution in [0.4, 0.5) is 4.79 Å². The Morgan fingerprint density at radius 2 is 1.92 bits per heavy atom. The molecule has 116 valence electrons. The molecule has 3 amide bonds. The highest BCUT2D eigenvalue weighted by atomic mass is 16.2. The number of carbonyl (C=O) groups excluding carboxylic acids is 2. The van der Waals surface area contributed by atoms with Crippen LogP contribution in [0.15, 0.2) is 53.6 Å². The van der Waals surface area contributed by atoms with E-state index in [9.17, 15) is 9.59 Å². The van der Waals surface area contributed by atoms with Crippen LogP contribution < -0.4 is 10.8 Å². The zero-order valence-electron chi connectivity index (χ0n) is 13.1. The van der Waals surface area contributed by atoms with E-state index in [2.05, 4.69) is 11.1 Å². The van der Waals surface area contributed by atoms with Crippen LogP contribution in [-0.4, -0.2) is 28.5 Å². The number of benzene rings is 1. The van der Waals surface area contributed by atoms with Gasteiger partial charge in [-0.05, 0) is 11.6 Å². The highest BCUT2D eigenvalue weighted by molar-refractivity contribution is 6.07. The first-order chi connectivity index (χ1) is 11.7. The second-order valence-corrected chi connectivity index (χ2v) is 5.65. The Morgan fingerprint density at radius 3 is 2.71 bits per heavy atom. The van der Waals surface area contributed by atoms with E-state index in [0.29, 0.717) is 23.2 Å². The van der Waals surface area contributed by atoms with Gasteiger partial charge in [0.05, 0.1) is 12.6 Å². The molecular formula is C19H14N3O2+. The van der Waals surface area contributed by atoms with Gasteiger partial charge in [0.15, 0.2) is 11.1 Å². The van der Waals surface area contributed by atoms with E-state index in [1.54, 1.807) is 6.08 Å². The van der Waals surface area contributed by atoms with Crippen LogP contribution >= 0.6 is 0 Å². The van der Waals surface area contributed by atoms with Gasteiger partial charge in [-0.25, -0.2) is 4.79 Å². The van der Waals surface area contributed by atoms with Crippen molar-refractivity contribution in [2.75, 3.05) is 7.05 Å². The van der Waals surface area contributed by atoms with Gasteiger partial charge in [0, 0.05) is 25.3 Å². The van der Waals surface area contributed by atoms with E-state index in [-0.39, 0.29) is 5.91 Å². The highest BCUT2D eigenvalue weighted by Gasteiger charge is 2.36. The number of aromatic nitrogens is 1. The number of urea groups is 1. The van der Waals surface area contributed by atoms with E-state index < -0.39 is 6.03 Å². The van der Waals surface area contributed by atoms with E-state index in [1.807, 2.05) is 53.1 Å². The summed E-state index contributed by atoms with van der Waals surface area (Å²) in [5, 5.41) is 0.828. The Morgan fingerprint density at radius 1 is 1.12 bits per heavy atom. The predicted molar refractivity (Wildman–Crippen MR) is 88.8 cm³/mol. The molecule has 0 N–H and O–H groups in total. The molecule has 1 aromatic heterocycles. The van der Waals surface area contributed by atoms with Crippen LogP contribution in [0.1, 0.15) is 21.5 Å². The molecule has 2 heterocycles. The topological polar surface area (TPSA) is 54.7 Å². The molecule has 4 rings (SSSR count). The zero-order valence-corrected chi connectivity index (χ0v) is 13.1. The third-order valence-electron chi connectivity index (χ3n) is 4.16. The summed E-state index contributed by atoms with van der Waals surface area (Å²) in [6.07, 6.45) is 10.6. The van der Waals surface area contributed by atoms with Gasteiger partial charge in [-0.3, -0.25) is 14.3 Å². The largest absolute Gasteiger partial charge is 0.353 e. The summed E-state index contributed by atoms with van der Waals surface area (Å²) in [5.41, 5.74) is 2.58. The molecule has 2 aliphatic rings. The lowest BCUT2D eigenvalue weighted by Crippen LogP contribution is -2.42. The lowest BCUT2D eigenvalue weighted by atomic mass is 10.1. The van der Waals surface area contributed by atoms with Gasteiger partial charge in [0.2, 0.25) is 5.49 Å². The average molecular weight is 316 g/mol. The molecule has 0 radical (unpaired) electrons. The summed E-state index contributed by atoms with van der Waals surface area (Å²) in [4.78, 5) is 29.8. The maximum atomic E-state index is 12.6. The number of carbonyl (C=O) groups is 2. The normalized spacial score (nSPS) is 15.1. The van der Waals surface area contributed by atoms with Crippen molar-refractivity contribution < 1.29 is 9.59 Å². The van der Waals surface area contributed by atoms with Gasteiger partial charge >= 0.3 is 11.9 Å². The van der Waals surface area contributed by atoms with Gasteiger partial charge in [-0.2, -0.15) is 4.99 Å². The second-order valence-electron chi connectivity index (χ2n) is 5.65. The number of nitrogens with zero attached hydrogens (tertiary/aromatic N) is 3. The molecule has 1 aliphatic carbocycles. The summed E-state index contributed by atoms with van der Waals surface area (Å²) < 4.78 is 1.90. The minimum absolute atomic E-state index is 0.343. The van der Waals surface area contributed by atoms with Crippen molar-refractivity contribution in [2.24, 2.45) is 4.99 Å². The Kier molecular flexibility index (Phi) is 3.22. The Bertz CT molecular complexity index is 1030. The van der Waals surface area contributed by atoms with Crippen molar-refractivity contribution in [3.8, 4) is 0 Å². The lowest BCUT2D eigenvalue weighted by molar-refractivity contribution is 0.0827. The number of rotatable bonds is 2. The molecule has 24 heavy (non-hydrogen) atoms. The lowest BCUT2D eigenvalue weighted by Gasteiger charge is -2.13. The molecule has 0 unspecified atom stereocenters. The van der Waals surface area contributed by atoms with Crippen LogP contribution in [0.2, 0.25) is 0 Å². The number of amides is 3. The van der Waals surface area contributed by atoms with Crippen LogP contribution in [-0.2, 0) is 6.54 Å². The zero-order chi connectivity index (χ0) is 16.7. The molecule has 0 saturated heterocycles. The first-order valence-electron chi connectivity index (χ1n) is 7.60. The Hall–Kier alpha value is -3.30. The SMILES string of the molecule is CN1C(=O)N=c2c(c3c(n2Cc2ccccc2)=CC=CC=[C+]3)C1=O. The number of fused-ring (bicyclic) bond motifs is 3. The number of imide groups is 1. The Balaban J connectivity index is 2.03. The molecule has 1 aliphatic heterocycles. The molecule has 5 nitrogen and oxygen atoms in total. The molecular weight excluding hydrogens is 302 g/mol. The fourth-order valence-corrected chi connectivity index (χ4v) is 2.94.